The van der Waals surface area contributed by atoms with Crippen LogP contribution in [0.5, 0.6) is 0 Å². The first kappa shape index (κ1) is 30.8. The van der Waals surface area contributed by atoms with Crippen LogP contribution in [0.1, 0.15) is 25.0 Å². The lowest BCUT2D eigenvalue weighted by Gasteiger charge is -2.28. The van der Waals surface area contributed by atoms with Gasteiger partial charge in [-0.2, -0.15) is 0 Å². The molecule has 3 heteroatoms. The van der Waals surface area contributed by atoms with Gasteiger partial charge in [0.15, 0.2) is 0 Å². The molecule has 0 unspecified atom stereocenters. The first-order chi connectivity index (χ1) is 26.5. The molecule has 10 aromatic rings. The molecule has 54 heavy (non-hydrogen) atoms. The van der Waals surface area contributed by atoms with Gasteiger partial charge < -0.3 is 13.9 Å². The van der Waals surface area contributed by atoms with Gasteiger partial charge in [-0.05, 0) is 94.5 Å². The van der Waals surface area contributed by atoms with Crippen molar-refractivity contribution >= 4 is 60.8 Å². The molecule has 0 fully saturated rings. The number of rotatable bonds is 5. The minimum atomic E-state index is -0.115. The zero-order valence-electron chi connectivity index (χ0n) is 30.1. The van der Waals surface area contributed by atoms with Gasteiger partial charge in [-0.15, -0.1) is 0 Å². The van der Waals surface area contributed by atoms with Crippen molar-refractivity contribution in [3.63, 3.8) is 0 Å². The maximum atomic E-state index is 6.44. The molecule has 1 aliphatic rings. The van der Waals surface area contributed by atoms with Gasteiger partial charge in [-0.3, -0.25) is 0 Å². The number of hydrogen-bond acceptors (Lipinski definition) is 2. The fraction of sp³-hybridized carbons (Fsp3) is 0.0588. The molecule has 3 nitrogen and oxygen atoms in total. The van der Waals surface area contributed by atoms with Crippen LogP contribution in [0.3, 0.4) is 0 Å². The first-order valence-corrected chi connectivity index (χ1v) is 18.7. The van der Waals surface area contributed by atoms with E-state index >= 15 is 0 Å². The van der Waals surface area contributed by atoms with E-state index < -0.39 is 0 Å². The number of fused-ring (bicyclic) bond motifs is 9. The zero-order valence-corrected chi connectivity index (χ0v) is 30.1. The largest absolute Gasteiger partial charge is 0.455 e. The Morgan fingerprint density at radius 3 is 1.94 bits per heavy atom. The molecule has 0 N–H and O–H groups in total. The SMILES string of the molecule is CC1(C)c2ccccc2-c2ccc(N(c3ccc(-c4cccc5c4oc4ccccc45)cc3)c3ccc4c(c3)c3ccccc3n4-c3ccccc3)cc21. The highest BCUT2D eigenvalue weighted by atomic mass is 16.3. The van der Waals surface area contributed by atoms with Crippen LogP contribution in [-0.2, 0) is 5.41 Å². The molecular formula is C51H36N2O. The van der Waals surface area contributed by atoms with Crippen LogP contribution in [0.15, 0.2) is 186 Å². The normalized spacial score (nSPS) is 13.1. The summed E-state index contributed by atoms with van der Waals surface area (Å²) in [6.07, 6.45) is 0. The molecule has 0 saturated heterocycles. The molecular weight excluding hydrogens is 657 g/mol. The van der Waals surface area contributed by atoms with Gasteiger partial charge in [-0.1, -0.05) is 129 Å². The number of hydrogen-bond donors (Lipinski definition) is 0. The molecule has 0 bridgehead atoms. The second kappa shape index (κ2) is 11.6. The van der Waals surface area contributed by atoms with E-state index in [2.05, 4.69) is 193 Å². The Hall–Kier alpha value is -6.84. The summed E-state index contributed by atoms with van der Waals surface area (Å²) < 4.78 is 8.82. The predicted molar refractivity (Wildman–Crippen MR) is 226 cm³/mol. The summed E-state index contributed by atoms with van der Waals surface area (Å²) >= 11 is 0. The van der Waals surface area contributed by atoms with Crippen LogP contribution in [-0.4, -0.2) is 4.57 Å². The highest BCUT2D eigenvalue weighted by Crippen LogP contribution is 2.51. The Balaban J connectivity index is 1.10. The lowest BCUT2D eigenvalue weighted by molar-refractivity contribution is 0.660. The van der Waals surface area contributed by atoms with Crippen molar-refractivity contribution < 1.29 is 4.42 Å². The van der Waals surface area contributed by atoms with E-state index in [-0.39, 0.29) is 5.41 Å². The van der Waals surface area contributed by atoms with Gasteiger partial charge in [0.25, 0.3) is 0 Å². The maximum Gasteiger partial charge on any atom is 0.143 e. The van der Waals surface area contributed by atoms with Gasteiger partial charge in [-0.25, -0.2) is 0 Å². The molecule has 256 valence electrons. The summed E-state index contributed by atoms with van der Waals surface area (Å²) in [4.78, 5) is 2.42. The molecule has 11 rings (SSSR count). The highest BCUT2D eigenvalue weighted by molar-refractivity contribution is 6.11. The monoisotopic (exact) mass is 692 g/mol. The molecule has 0 spiro atoms. The van der Waals surface area contributed by atoms with Crippen molar-refractivity contribution in [3.8, 4) is 27.9 Å². The molecule has 2 heterocycles. The van der Waals surface area contributed by atoms with Crippen LogP contribution in [0, 0.1) is 0 Å². The second-order valence-electron chi connectivity index (χ2n) is 15.0. The standard InChI is InChI=1S/C51H36N2O/c1-51(2)45-20-9-6-15-39(45)40-29-27-37(32-46(40)51)52(35-25-23-33(24-26-35)38-18-12-19-43-42-17-8-11-22-49(42)54-50(38)43)36-28-30-48-44(31-36)41-16-7-10-21-47(41)53(48)34-13-4-3-5-14-34/h3-32H,1-2H3. The minimum absolute atomic E-state index is 0.115. The molecule has 0 radical (unpaired) electrons. The minimum Gasteiger partial charge on any atom is -0.455 e. The summed E-state index contributed by atoms with van der Waals surface area (Å²) in [7, 11) is 0. The number of aromatic nitrogens is 1. The van der Waals surface area contributed by atoms with Crippen LogP contribution in [0.2, 0.25) is 0 Å². The number of nitrogens with zero attached hydrogens (tertiary/aromatic N) is 2. The average Bonchev–Trinajstić information content (AvgIpc) is 3.84. The van der Waals surface area contributed by atoms with E-state index in [0.29, 0.717) is 0 Å². The van der Waals surface area contributed by atoms with Crippen LogP contribution < -0.4 is 4.90 Å². The van der Waals surface area contributed by atoms with Crippen LogP contribution >= 0.6 is 0 Å². The summed E-state index contributed by atoms with van der Waals surface area (Å²) in [5.41, 5.74) is 16.2. The topological polar surface area (TPSA) is 21.3 Å². The third-order valence-corrected chi connectivity index (χ3v) is 11.6. The fourth-order valence-electron chi connectivity index (χ4n) is 9.00. The van der Waals surface area contributed by atoms with Gasteiger partial charge in [0, 0.05) is 55.3 Å². The summed E-state index contributed by atoms with van der Waals surface area (Å²) in [6, 6.07) is 65.9. The number of para-hydroxylation sites is 4. The second-order valence-corrected chi connectivity index (χ2v) is 15.0. The van der Waals surface area contributed by atoms with E-state index in [0.717, 1.165) is 55.8 Å². The molecule has 1 aliphatic carbocycles. The predicted octanol–water partition coefficient (Wildman–Crippen LogP) is 14.1. The molecule has 2 aromatic heterocycles. The Bertz CT molecular complexity index is 3070. The number of anilines is 3. The van der Waals surface area contributed by atoms with Crippen LogP contribution in [0.4, 0.5) is 17.1 Å². The summed E-state index contributed by atoms with van der Waals surface area (Å²) in [6.45, 7) is 4.70. The third-order valence-electron chi connectivity index (χ3n) is 11.6. The Labute approximate surface area is 314 Å². The summed E-state index contributed by atoms with van der Waals surface area (Å²) in [5.74, 6) is 0. The van der Waals surface area contributed by atoms with E-state index in [1.807, 2.05) is 12.1 Å². The van der Waals surface area contributed by atoms with E-state index in [4.69, 9.17) is 4.42 Å². The highest BCUT2D eigenvalue weighted by Gasteiger charge is 2.35. The van der Waals surface area contributed by atoms with E-state index in [1.54, 1.807) is 0 Å². The maximum absolute atomic E-state index is 6.44. The van der Waals surface area contributed by atoms with Crippen molar-refractivity contribution in [2.24, 2.45) is 0 Å². The number of benzene rings is 8. The first-order valence-electron chi connectivity index (χ1n) is 18.7. The van der Waals surface area contributed by atoms with E-state index in [1.165, 1.54) is 44.1 Å². The Morgan fingerprint density at radius 1 is 0.444 bits per heavy atom. The van der Waals surface area contributed by atoms with Crippen molar-refractivity contribution in [1.29, 1.82) is 0 Å². The number of furan rings is 1. The van der Waals surface area contributed by atoms with Gasteiger partial charge in [0.1, 0.15) is 11.2 Å². The fourth-order valence-corrected chi connectivity index (χ4v) is 9.00. The van der Waals surface area contributed by atoms with Crippen molar-refractivity contribution in [2.45, 2.75) is 19.3 Å². The van der Waals surface area contributed by atoms with Crippen LogP contribution in [0.25, 0.3) is 71.7 Å². The van der Waals surface area contributed by atoms with E-state index in [9.17, 15) is 0 Å². The molecule has 8 aromatic carbocycles. The molecule has 0 aliphatic heterocycles. The quantitative estimate of drug-likeness (QED) is 0.179. The third kappa shape index (κ3) is 4.48. The van der Waals surface area contributed by atoms with Gasteiger partial charge in [0.2, 0.25) is 0 Å². The molecule has 0 amide bonds. The lowest BCUT2D eigenvalue weighted by atomic mass is 9.82. The smallest absolute Gasteiger partial charge is 0.143 e. The lowest BCUT2D eigenvalue weighted by Crippen LogP contribution is -2.16. The average molecular weight is 693 g/mol. The van der Waals surface area contributed by atoms with Gasteiger partial charge in [0.05, 0.1) is 11.0 Å². The Kier molecular flexibility index (Phi) is 6.60. The molecule has 0 atom stereocenters. The summed E-state index contributed by atoms with van der Waals surface area (Å²) in [5, 5.41) is 4.73. The van der Waals surface area contributed by atoms with Crippen molar-refractivity contribution in [1.82, 2.24) is 4.57 Å². The van der Waals surface area contributed by atoms with Crippen molar-refractivity contribution in [3.05, 3.63) is 193 Å². The molecule has 0 saturated carbocycles. The van der Waals surface area contributed by atoms with Crippen molar-refractivity contribution in [2.75, 3.05) is 4.90 Å². The zero-order chi connectivity index (χ0) is 36.0. The Morgan fingerprint density at radius 2 is 1.07 bits per heavy atom. The van der Waals surface area contributed by atoms with Gasteiger partial charge >= 0.3 is 0 Å².